The summed E-state index contributed by atoms with van der Waals surface area (Å²) in [5.74, 6) is 0.186. The minimum Gasteiger partial charge on any atom is -0.496 e. The van der Waals surface area contributed by atoms with Crippen LogP contribution in [-0.4, -0.2) is 37.9 Å². The number of thiocarbonyl (C=S) groups is 1. The van der Waals surface area contributed by atoms with Crippen LogP contribution in [0.3, 0.4) is 0 Å². The molecule has 0 aliphatic heterocycles. The normalized spacial score (nSPS) is 10.7. The average Bonchev–Trinajstić information content (AvgIpc) is 3.30. The summed E-state index contributed by atoms with van der Waals surface area (Å²) < 4.78 is 6.96. The van der Waals surface area contributed by atoms with E-state index >= 15 is 0 Å². The third kappa shape index (κ3) is 3.93. The highest BCUT2D eigenvalue weighted by Crippen LogP contribution is 2.27. The Morgan fingerprint density at radius 2 is 2.07 bits per heavy atom. The molecule has 0 unspecified atom stereocenters. The summed E-state index contributed by atoms with van der Waals surface area (Å²) in [6.07, 6.45) is 1.56. The summed E-state index contributed by atoms with van der Waals surface area (Å²) in [6, 6.07) is 13.0. The van der Waals surface area contributed by atoms with Crippen molar-refractivity contribution < 1.29 is 9.53 Å². The number of aromatic nitrogens is 4. The predicted molar refractivity (Wildman–Crippen MR) is 116 cm³/mol. The van der Waals surface area contributed by atoms with Gasteiger partial charge in [-0.2, -0.15) is 9.61 Å². The van der Waals surface area contributed by atoms with E-state index in [1.165, 1.54) is 18.4 Å². The number of aryl methyl sites for hydroxylation is 1. The number of hydrogen-bond donors (Lipinski definition) is 2. The molecule has 146 valence electrons. The number of benzene rings is 2. The Labute approximate surface area is 175 Å². The SMILES string of the molecule is COc1c(C)cccc1C(=O)NC(=S)Nc1cccc(-c2nn3cnnc3s2)c1. The Bertz CT molecular complexity index is 1190. The van der Waals surface area contributed by atoms with Crippen LogP contribution in [0.5, 0.6) is 5.75 Å². The molecule has 0 aliphatic rings. The van der Waals surface area contributed by atoms with Crippen molar-refractivity contribution in [2.24, 2.45) is 0 Å². The molecular weight excluding hydrogens is 408 g/mol. The number of nitrogens with zero attached hydrogens (tertiary/aromatic N) is 4. The average molecular weight is 425 g/mol. The minimum atomic E-state index is -0.340. The van der Waals surface area contributed by atoms with Crippen LogP contribution in [0.25, 0.3) is 15.5 Å². The van der Waals surface area contributed by atoms with Crippen molar-refractivity contribution >= 4 is 45.2 Å². The Morgan fingerprint density at radius 3 is 2.86 bits per heavy atom. The molecule has 2 N–H and O–H groups in total. The second-order valence-corrected chi connectivity index (χ2v) is 7.47. The Hall–Kier alpha value is -3.37. The summed E-state index contributed by atoms with van der Waals surface area (Å²) in [6.45, 7) is 1.88. The maximum absolute atomic E-state index is 12.6. The first-order valence-corrected chi connectivity index (χ1v) is 9.81. The van der Waals surface area contributed by atoms with Crippen LogP contribution >= 0.6 is 23.6 Å². The van der Waals surface area contributed by atoms with Crippen molar-refractivity contribution in [3.05, 3.63) is 59.9 Å². The molecule has 0 saturated carbocycles. The van der Waals surface area contributed by atoms with Crippen LogP contribution < -0.4 is 15.4 Å². The van der Waals surface area contributed by atoms with E-state index in [-0.39, 0.29) is 11.0 Å². The van der Waals surface area contributed by atoms with Gasteiger partial charge < -0.3 is 10.1 Å². The molecule has 10 heteroatoms. The van der Waals surface area contributed by atoms with Crippen LogP contribution in [-0.2, 0) is 0 Å². The van der Waals surface area contributed by atoms with E-state index in [0.717, 1.165) is 21.8 Å². The molecule has 0 bridgehead atoms. The van der Waals surface area contributed by atoms with E-state index in [1.54, 1.807) is 23.0 Å². The van der Waals surface area contributed by atoms with Crippen molar-refractivity contribution in [3.8, 4) is 16.3 Å². The number of ether oxygens (including phenoxy) is 1. The van der Waals surface area contributed by atoms with E-state index in [1.807, 2.05) is 37.3 Å². The summed E-state index contributed by atoms with van der Waals surface area (Å²) >= 11 is 6.74. The number of para-hydroxylation sites is 1. The number of methoxy groups -OCH3 is 1. The molecule has 0 atom stereocenters. The van der Waals surface area contributed by atoms with Gasteiger partial charge in [0.25, 0.3) is 5.91 Å². The molecule has 29 heavy (non-hydrogen) atoms. The van der Waals surface area contributed by atoms with Gasteiger partial charge in [0.15, 0.2) is 5.11 Å². The third-order valence-electron chi connectivity index (χ3n) is 4.14. The van der Waals surface area contributed by atoms with Gasteiger partial charge in [0.1, 0.15) is 17.1 Å². The molecule has 0 saturated heterocycles. The van der Waals surface area contributed by atoms with Gasteiger partial charge in [-0.25, -0.2) is 0 Å². The smallest absolute Gasteiger partial charge is 0.261 e. The van der Waals surface area contributed by atoms with Crippen LogP contribution in [0.15, 0.2) is 48.8 Å². The molecule has 2 aromatic heterocycles. The van der Waals surface area contributed by atoms with E-state index in [2.05, 4.69) is 25.9 Å². The lowest BCUT2D eigenvalue weighted by Crippen LogP contribution is -2.34. The van der Waals surface area contributed by atoms with Crippen LogP contribution in [0.4, 0.5) is 5.69 Å². The zero-order valence-corrected chi connectivity index (χ0v) is 17.2. The number of hydrogen-bond acceptors (Lipinski definition) is 7. The fourth-order valence-electron chi connectivity index (χ4n) is 2.84. The fraction of sp³-hybridized carbons (Fsp3) is 0.105. The highest BCUT2D eigenvalue weighted by Gasteiger charge is 2.15. The van der Waals surface area contributed by atoms with Crippen molar-refractivity contribution in [2.75, 3.05) is 12.4 Å². The number of carbonyl (C=O) groups excluding carboxylic acids is 1. The van der Waals surface area contributed by atoms with E-state index in [0.29, 0.717) is 16.3 Å². The molecule has 4 aromatic rings. The van der Waals surface area contributed by atoms with Crippen molar-refractivity contribution in [1.29, 1.82) is 0 Å². The highest BCUT2D eigenvalue weighted by molar-refractivity contribution is 7.80. The fourth-order valence-corrected chi connectivity index (χ4v) is 3.87. The lowest BCUT2D eigenvalue weighted by molar-refractivity contribution is 0.0974. The topological polar surface area (TPSA) is 93.4 Å². The highest BCUT2D eigenvalue weighted by atomic mass is 32.1. The molecule has 8 nitrogen and oxygen atoms in total. The zero-order valence-electron chi connectivity index (χ0n) is 15.5. The molecule has 0 spiro atoms. The van der Waals surface area contributed by atoms with E-state index in [9.17, 15) is 4.79 Å². The minimum absolute atomic E-state index is 0.189. The van der Waals surface area contributed by atoms with Gasteiger partial charge in [-0.1, -0.05) is 35.6 Å². The van der Waals surface area contributed by atoms with Crippen molar-refractivity contribution in [1.82, 2.24) is 25.1 Å². The second kappa shape index (κ2) is 7.94. The van der Waals surface area contributed by atoms with Crippen LogP contribution in [0.1, 0.15) is 15.9 Å². The summed E-state index contributed by atoms with van der Waals surface area (Å²) in [5.41, 5.74) is 2.93. The molecule has 0 radical (unpaired) electrons. The third-order valence-corrected chi connectivity index (χ3v) is 5.31. The van der Waals surface area contributed by atoms with Gasteiger partial charge in [0, 0.05) is 11.3 Å². The van der Waals surface area contributed by atoms with Crippen molar-refractivity contribution in [2.45, 2.75) is 6.92 Å². The van der Waals surface area contributed by atoms with E-state index < -0.39 is 0 Å². The number of fused-ring (bicyclic) bond motifs is 1. The Morgan fingerprint density at radius 1 is 1.24 bits per heavy atom. The molecule has 2 aromatic carbocycles. The first-order chi connectivity index (χ1) is 14.0. The number of nitrogens with one attached hydrogen (secondary N) is 2. The van der Waals surface area contributed by atoms with Gasteiger partial charge in [-0.05, 0) is 42.9 Å². The number of anilines is 1. The van der Waals surface area contributed by atoms with Gasteiger partial charge in [0.05, 0.1) is 12.7 Å². The predicted octanol–water partition coefficient (Wildman–Crippen LogP) is 3.30. The molecule has 0 aliphatic carbocycles. The number of rotatable bonds is 4. The zero-order chi connectivity index (χ0) is 20.4. The summed E-state index contributed by atoms with van der Waals surface area (Å²) in [4.78, 5) is 13.3. The first kappa shape index (κ1) is 19.0. The lowest BCUT2D eigenvalue weighted by Gasteiger charge is -2.13. The standard InChI is InChI=1S/C19H16N6O2S2/c1-11-5-3-8-14(15(11)27-2)16(26)22-18(28)21-13-7-4-6-12(9-13)17-24-25-10-20-23-19(25)29-17/h3-10H,1-2H3,(H2,21,22,26,28). The number of carbonyl (C=O) groups is 1. The molecule has 0 fully saturated rings. The Kier molecular flexibility index (Phi) is 5.19. The van der Waals surface area contributed by atoms with Crippen LogP contribution in [0, 0.1) is 6.92 Å². The quantitative estimate of drug-likeness (QED) is 0.486. The Balaban J connectivity index is 1.48. The van der Waals surface area contributed by atoms with Gasteiger partial charge in [-0.15, -0.1) is 10.2 Å². The van der Waals surface area contributed by atoms with Crippen molar-refractivity contribution in [3.63, 3.8) is 0 Å². The monoisotopic (exact) mass is 424 g/mol. The summed E-state index contributed by atoms with van der Waals surface area (Å²) in [7, 11) is 1.53. The molecular formula is C19H16N6O2S2. The maximum atomic E-state index is 12.6. The van der Waals surface area contributed by atoms with Gasteiger partial charge >= 0.3 is 0 Å². The largest absolute Gasteiger partial charge is 0.496 e. The number of amides is 1. The maximum Gasteiger partial charge on any atom is 0.261 e. The van der Waals surface area contributed by atoms with Gasteiger partial charge in [-0.3, -0.25) is 10.1 Å². The van der Waals surface area contributed by atoms with E-state index in [4.69, 9.17) is 17.0 Å². The first-order valence-electron chi connectivity index (χ1n) is 8.58. The molecule has 2 heterocycles. The lowest BCUT2D eigenvalue weighted by atomic mass is 10.1. The van der Waals surface area contributed by atoms with Gasteiger partial charge in [0.2, 0.25) is 4.96 Å². The molecule has 1 amide bonds. The molecule has 4 rings (SSSR count). The second-order valence-electron chi connectivity index (χ2n) is 6.11. The summed E-state index contributed by atoms with van der Waals surface area (Å²) in [5, 5.41) is 19.0. The van der Waals surface area contributed by atoms with Crippen LogP contribution in [0.2, 0.25) is 0 Å².